The van der Waals surface area contributed by atoms with Gasteiger partial charge in [-0.15, -0.1) is 0 Å². The second kappa shape index (κ2) is 6.39. The zero-order valence-electron chi connectivity index (χ0n) is 11.7. The lowest BCUT2D eigenvalue weighted by molar-refractivity contribution is -0.129. The molecular weight excluding hydrogens is 320 g/mol. The average molecular weight is 339 g/mol. The van der Waals surface area contributed by atoms with Crippen molar-refractivity contribution in [3.8, 4) is 0 Å². The summed E-state index contributed by atoms with van der Waals surface area (Å²) in [5, 5.41) is 2.87. The molecule has 1 aliphatic rings. The Balaban J connectivity index is 1.97. The van der Waals surface area contributed by atoms with E-state index < -0.39 is 0 Å². The molecule has 1 aromatic rings. The fraction of sp³-hybridized carbons (Fsp3) is 0.467. The van der Waals surface area contributed by atoms with Gasteiger partial charge in [0, 0.05) is 30.0 Å². The minimum absolute atomic E-state index is 0.0231. The second-order valence-electron chi connectivity index (χ2n) is 5.47. The molecule has 2 amide bonds. The molecule has 0 bridgehead atoms. The van der Waals surface area contributed by atoms with Gasteiger partial charge in [0.2, 0.25) is 11.8 Å². The van der Waals surface area contributed by atoms with Gasteiger partial charge in [-0.1, -0.05) is 28.1 Å². The molecule has 5 heteroatoms. The number of hydrogen-bond donors (Lipinski definition) is 1. The van der Waals surface area contributed by atoms with Gasteiger partial charge >= 0.3 is 0 Å². The summed E-state index contributed by atoms with van der Waals surface area (Å²) in [5.41, 5.74) is 1.07. The van der Waals surface area contributed by atoms with Crippen LogP contribution in [0, 0.1) is 5.92 Å². The van der Waals surface area contributed by atoms with Gasteiger partial charge in [0.1, 0.15) is 0 Å². The van der Waals surface area contributed by atoms with E-state index in [2.05, 4.69) is 21.2 Å². The molecule has 0 aromatic heterocycles. The van der Waals surface area contributed by atoms with Crippen molar-refractivity contribution in [3.63, 3.8) is 0 Å². The summed E-state index contributed by atoms with van der Waals surface area (Å²) in [6, 6.07) is 7.99. The van der Waals surface area contributed by atoms with Crippen molar-refractivity contribution in [1.29, 1.82) is 0 Å². The molecule has 1 heterocycles. The number of carbonyl (C=O) groups excluding carboxylic acids is 2. The minimum atomic E-state index is -0.225. The van der Waals surface area contributed by atoms with Crippen LogP contribution in [0.15, 0.2) is 28.7 Å². The Hall–Kier alpha value is -1.36. The lowest BCUT2D eigenvalue weighted by Gasteiger charge is -2.17. The van der Waals surface area contributed by atoms with Crippen LogP contribution in [-0.4, -0.2) is 29.3 Å². The van der Waals surface area contributed by atoms with E-state index >= 15 is 0 Å². The minimum Gasteiger partial charge on any atom is -0.354 e. The fourth-order valence-electron chi connectivity index (χ4n) is 2.36. The number of amides is 2. The first-order chi connectivity index (χ1) is 9.45. The Morgan fingerprint density at radius 1 is 1.50 bits per heavy atom. The third-order valence-corrected chi connectivity index (χ3v) is 3.77. The smallest absolute Gasteiger partial charge is 0.225 e. The molecule has 4 nitrogen and oxygen atoms in total. The lowest BCUT2D eigenvalue weighted by atomic mass is 10.1. The number of likely N-dealkylation sites (tertiary alicyclic amines) is 1. The molecule has 1 fully saturated rings. The molecule has 2 rings (SSSR count). The summed E-state index contributed by atoms with van der Waals surface area (Å²) >= 11 is 3.42. The predicted molar refractivity (Wildman–Crippen MR) is 80.9 cm³/mol. The van der Waals surface area contributed by atoms with Crippen molar-refractivity contribution in [2.24, 2.45) is 5.92 Å². The van der Waals surface area contributed by atoms with Crippen molar-refractivity contribution in [2.75, 3.05) is 6.54 Å². The Labute approximate surface area is 127 Å². The zero-order valence-corrected chi connectivity index (χ0v) is 13.3. The topological polar surface area (TPSA) is 49.4 Å². The zero-order chi connectivity index (χ0) is 14.7. The summed E-state index contributed by atoms with van der Waals surface area (Å²) in [5.74, 6) is -0.198. The standard InChI is InChI=1S/C15H19BrN2O2/c1-10(2)17-15(20)12-7-14(19)18(9-12)8-11-4-3-5-13(16)6-11/h3-6,10,12H,7-9H2,1-2H3,(H,17,20). The third kappa shape index (κ3) is 3.82. The maximum Gasteiger partial charge on any atom is 0.225 e. The second-order valence-corrected chi connectivity index (χ2v) is 6.38. The quantitative estimate of drug-likeness (QED) is 0.915. The number of nitrogens with zero attached hydrogens (tertiary/aromatic N) is 1. The van der Waals surface area contributed by atoms with Crippen molar-refractivity contribution in [2.45, 2.75) is 32.9 Å². The molecule has 1 aliphatic heterocycles. The number of nitrogens with one attached hydrogen (secondary N) is 1. The first-order valence-electron chi connectivity index (χ1n) is 6.78. The van der Waals surface area contributed by atoms with Crippen LogP contribution in [0.2, 0.25) is 0 Å². The van der Waals surface area contributed by atoms with E-state index in [1.807, 2.05) is 38.1 Å². The van der Waals surface area contributed by atoms with Crippen LogP contribution in [0.5, 0.6) is 0 Å². The molecular formula is C15H19BrN2O2. The summed E-state index contributed by atoms with van der Waals surface area (Å²) in [6.45, 7) is 4.91. The van der Waals surface area contributed by atoms with E-state index in [9.17, 15) is 9.59 Å². The van der Waals surface area contributed by atoms with Gasteiger partial charge in [0.25, 0.3) is 0 Å². The van der Waals surface area contributed by atoms with Crippen LogP contribution in [0.4, 0.5) is 0 Å². The lowest BCUT2D eigenvalue weighted by Crippen LogP contribution is -2.36. The van der Waals surface area contributed by atoms with E-state index in [0.29, 0.717) is 19.5 Å². The van der Waals surface area contributed by atoms with Gasteiger partial charge in [-0.05, 0) is 31.5 Å². The van der Waals surface area contributed by atoms with E-state index in [1.54, 1.807) is 4.90 Å². The number of halogens is 1. The van der Waals surface area contributed by atoms with E-state index in [0.717, 1.165) is 10.0 Å². The molecule has 0 saturated carbocycles. The molecule has 0 aliphatic carbocycles. The Morgan fingerprint density at radius 3 is 2.90 bits per heavy atom. The summed E-state index contributed by atoms with van der Waals surface area (Å²) in [4.78, 5) is 25.7. The molecule has 1 saturated heterocycles. The van der Waals surface area contributed by atoms with Gasteiger partial charge < -0.3 is 10.2 Å². The highest BCUT2D eigenvalue weighted by Crippen LogP contribution is 2.21. The Kier molecular flexibility index (Phi) is 4.81. The molecule has 0 spiro atoms. The van der Waals surface area contributed by atoms with Crippen LogP contribution in [0.1, 0.15) is 25.8 Å². The molecule has 1 aromatic carbocycles. The summed E-state index contributed by atoms with van der Waals surface area (Å²) in [7, 11) is 0. The van der Waals surface area contributed by atoms with Gasteiger partial charge in [-0.2, -0.15) is 0 Å². The SMILES string of the molecule is CC(C)NC(=O)C1CC(=O)N(Cc2cccc(Br)c2)C1. The maximum atomic E-state index is 12.0. The number of rotatable bonds is 4. The fourth-order valence-corrected chi connectivity index (χ4v) is 2.81. The van der Waals surface area contributed by atoms with Gasteiger partial charge in [-0.3, -0.25) is 9.59 Å². The largest absolute Gasteiger partial charge is 0.354 e. The average Bonchev–Trinajstić information content (AvgIpc) is 2.70. The van der Waals surface area contributed by atoms with Crippen LogP contribution in [-0.2, 0) is 16.1 Å². The normalized spacial score (nSPS) is 18.7. The monoisotopic (exact) mass is 338 g/mol. The number of hydrogen-bond acceptors (Lipinski definition) is 2. The van der Waals surface area contributed by atoms with E-state index in [1.165, 1.54) is 0 Å². The molecule has 1 N–H and O–H groups in total. The molecule has 20 heavy (non-hydrogen) atoms. The van der Waals surface area contributed by atoms with E-state index in [4.69, 9.17) is 0 Å². The third-order valence-electron chi connectivity index (χ3n) is 3.28. The highest BCUT2D eigenvalue weighted by molar-refractivity contribution is 9.10. The van der Waals surface area contributed by atoms with Crippen LogP contribution < -0.4 is 5.32 Å². The first kappa shape index (κ1) is 15.0. The molecule has 1 unspecified atom stereocenters. The van der Waals surface area contributed by atoms with Crippen LogP contribution in [0.3, 0.4) is 0 Å². The highest BCUT2D eigenvalue weighted by Gasteiger charge is 2.34. The number of benzene rings is 1. The maximum absolute atomic E-state index is 12.0. The van der Waals surface area contributed by atoms with Gasteiger partial charge in [-0.25, -0.2) is 0 Å². The van der Waals surface area contributed by atoms with Crippen LogP contribution >= 0.6 is 15.9 Å². The summed E-state index contributed by atoms with van der Waals surface area (Å²) < 4.78 is 0.996. The van der Waals surface area contributed by atoms with Crippen molar-refractivity contribution in [3.05, 3.63) is 34.3 Å². The molecule has 1 atom stereocenters. The summed E-state index contributed by atoms with van der Waals surface area (Å²) in [6.07, 6.45) is 0.312. The van der Waals surface area contributed by atoms with E-state index in [-0.39, 0.29) is 23.8 Å². The predicted octanol–water partition coefficient (Wildman–Crippen LogP) is 2.32. The van der Waals surface area contributed by atoms with Crippen LogP contribution in [0.25, 0.3) is 0 Å². The van der Waals surface area contributed by atoms with Crippen molar-refractivity contribution >= 4 is 27.7 Å². The van der Waals surface area contributed by atoms with Crippen molar-refractivity contribution in [1.82, 2.24) is 10.2 Å². The Morgan fingerprint density at radius 2 is 2.25 bits per heavy atom. The van der Waals surface area contributed by atoms with Gasteiger partial charge in [0.15, 0.2) is 0 Å². The molecule has 0 radical (unpaired) electrons. The van der Waals surface area contributed by atoms with Crippen molar-refractivity contribution < 1.29 is 9.59 Å². The van der Waals surface area contributed by atoms with Gasteiger partial charge in [0.05, 0.1) is 5.92 Å². The molecule has 108 valence electrons. The number of carbonyl (C=O) groups is 2. The highest BCUT2D eigenvalue weighted by atomic mass is 79.9. The Bertz CT molecular complexity index is 516. The first-order valence-corrected chi connectivity index (χ1v) is 7.57.